The van der Waals surface area contributed by atoms with Crippen LogP contribution in [0.3, 0.4) is 0 Å². The topological polar surface area (TPSA) is 97.5 Å². The Hall–Kier alpha value is -2.22. The predicted molar refractivity (Wildman–Crippen MR) is 70.2 cm³/mol. The largest absolute Gasteiger partial charge is 0.478 e. The summed E-state index contributed by atoms with van der Waals surface area (Å²) in [7, 11) is -3.83. The minimum absolute atomic E-state index is 0.263. The SMILES string of the molecule is Cc1noc(C)c1CS(=O)(=O)c1ccc(F)c(C(=O)O)c1. The molecule has 1 heterocycles. The van der Waals surface area contributed by atoms with Crippen molar-refractivity contribution in [1.82, 2.24) is 5.16 Å². The van der Waals surface area contributed by atoms with E-state index in [1.165, 1.54) is 0 Å². The van der Waals surface area contributed by atoms with Gasteiger partial charge >= 0.3 is 5.97 Å². The molecule has 0 spiro atoms. The van der Waals surface area contributed by atoms with Crippen molar-refractivity contribution >= 4 is 15.8 Å². The molecule has 1 aromatic carbocycles. The van der Waals surface area contributed by atoms with Gasteiger partial charge in [-0.05, 0) is 32.0 Å². The van der Waals surface area contributed by atoms with Crippen molar-refractivity contribution in [2.24, 2.45) is 0 Å². The Bertz CT molecular complexity index is 790. The van der Waals surface area contributed by atoms with Crippen LogP contribution in [0.15, 0.2) is 27.6 Å². The third-order valence-electron chi connectivity index (χ3n) is 3.04. The van der Waals surface area contributed by atoms with Gasteiger partial charge in [0, 0.05) is 5.56 Å². The molecule has 112 valence electrons. The summed E-state index contributed by atoms with van der Waals surface area (Å²) in [5.41, 5.74) is 0.169. The lowest BCUT2D eigenvalue weighted by Crippen LogP contribution is -2.09. The van der Waals surface area contributed by atoms with Crippen LogP contribution in [0, 0.1) is 19.7 Å². The Morgan fingerprint density at radius 3 is 2.57 bits per heavy atom. The number of carbonyl (C=O) groups is 1. The van der Waals surface area contributed by atoms with Crippen molar-refractivity contribution in [3.05, 3.63) is 46.6 Å². The first-order valence-electron chi connectivity index (χ1n) is 5.89. The number of hydrogen-bond donors (Lipinski definition) is 1. The number of rotatable bonds is 4. The molecule has 0 bridgehead atoms. The van der Waals surface area contributed by atoms with Crippen LogP contribution >= 0.6 is 0 Å². The zero-order valence-corrected chi connectivity index (χ0v) is 12.1. The highest BCUT2D eigenvalue weighted by Crippen LogP contribution is 2.23. The standard InChI is InChI=1S/C13H12FNO5S/c1-7-11(8(2)20-15-7)6-21(18,19)9-3-4-12(14)10(5-9)13(16)17/h3-5H,6H2,1-2H3,(H,16,17). The number of aryl methyl sites for hydroxylation is 2. The highest BCUT2D eigenvalue weighted by atomic mass is 32.2. The molecular formula is C13H12FNO5S. The molecule has 0 radical (unpaired) electrons. The Kier molecular flexibility index (Phi) is 3.82. The molecule has 2 rings (SSSR count). The fraction of sp³-hybridized carbons (Fsp3) is 0.231. The summed E-state index contributed by atoms with van der Waals surface area (Å²) in [6.45, 7) is 3.19. The van der Waals surface area contributed by atoms with Gasteiger partial charge in [-0.3, -0.25) is 0 Å². The quantitative estimate of drug-likeness (QED) is 0.868. The van der Waals surface area contributed by atoms with E-state index in [-0.39, 0.29) is 4.90 Å². The first kappa shape index (κ1) is 15.2. The van der Waals surface area contributed by atoms with Crippen molar-refractivity contribution in [3.63, 3.8) is 0 Å². The zero-order chi connectivity index (χ0) is 15.8. The van der Waals surface area contributed by atoms with Crippen LogP contribution in [0.25, 0.3) is 0 Å². The van der Waals surface area contributed by atoms with Gasteiger partial charge in [0.25, 0.3) is 0 Å². The summed E-state index contributed by atoms with van der Waals surface area (Å²) >= 11 is 0. The van der Waals surface area contributed by atoms with Crippen LogP contribution < -0.4 is 0 Å². The first-order chi connectivity index (χ1) is 9.72. The van der Waals surface area contributed by atoms with Gasteiger partial charge < -0.3 is 9.63 Å². The molecule has 0 saturated carbocycles. The average Bonchev–Trinajstić information content (AvgIpc) is 2.70. The summed E-state index contributed by atoms with van der Waals surface area (Å²) < 4.78 is 42.8. The third-order valence-corrected chi connectivity index (χ3v) is 4.68. The van der Waals surface area contributed by atoms with E-state index < -0.39 is 32.9 Å². The fourth-order valence-corrected chi connectivity index (χ4v) is 3.37. The van der Waals surface area contributed by atoms with E-state index >= 15 is 0 Å². The molecule has 0 aliphatic heterocycles. The van der Waals surface area contributed by atoms with Gasteiger partial charge in [-0.1, -0.05) is 5.16 Å². The van der Waals surface area contributed by atoms with E-state index in [0.717, 1.165) is 18.2 Å². The van der Waals surface area contributed by atoms with Gasteiger partial charge in [0.15, 0.2) is 9.84 Å². The van der Waals surface area contributed by atoms with E-state index in [9.17, 15) is 17.6 Å². The number of hydrogen-bond acceptors (Lipinski definition) is 5. The number of halogens is 1. The highest BCUT2D eigenvalue weighted by Gasteiger charge is 2.23. The number of aromatic carboxylic acids is 1. The summed E-state index contributed by atoms with van der Waals surface area (Å²) in [6, 6.07) is 2.67. The first-order valence-corrected chi connectivity index (χ1v) is 7.55. The maximum Gasteiger partial charge on any atom is 0.338 e. The van der Waals surface area contributed by atoms with Gasteiger partial charge in [-0.25, -0.2) is 17.6 Å². The van der Waals surface area contributed by atoms with Crippen LogP contribution in [0.4, 0.5) is 4.39 Å². The Balaban J connectivity index is 2.45. The molecule has 0 saturated heterocycles. The van der Waals surface area contributed by atoms with E-state index in [0.29, 0.717) is 17.0 Å². The van der Waals surface area contributed by atoms with Crippen molar-refractivity contribution in [3.8, 4) is 0 Å². The number of carboxylic acids is 1. The van der Waals surface area contributed by atoms with Crippen molar-refractivity contribution in [1.29, 1.82) is 0 Å². The number of aromatic nitrogens is 1. The van der Waals surface area contributed by atoms with Crippen LogP contribution in [0.2, 0.25) is 0 Å². The Morgan fingerprint density at radius 1 is 1.38 bits per heavy atom. The fourth-order valence-electron chi connectivity index (χ4n) is 1.84. The third kappa shape index (κ3) is 2.94. The molecule has 6 nitrogen and oxygen atoms in total. The van der Waals surface area contributed by atoms with Crippen molar-refractivity contribution in [2.75, 3.05) is 0 Å². The van der Waals surface area contributed by atoms with Gasteiger partial charge in [-0.15, -0.1) is 0 Å². The molecule has 0 atom stereocenters. The molecule has 0 aliphatic carbocycles. The minimum atomic E-state index is -3.83. The van der Waals surface area contributed by atoms with Crippen molar-refractivity contribution in [2.45, 2.75) is 24.5 Å². The van der Waals surface area contributed by atoms with Crippen LogP contribution in [-0.4, -0.2) is 24.7 Å². The minimum Gasteiger partial charge on any atom is -0.478 e. The van der Waals surface area contributed by atoms with Crippen LogP contribution in [-0.2, 0) is 15.6 Å². The Morgan fingerprint density at radius 2 is 2.05 bits per heavy atom. The summed E-state index contributed by atoms with van der Waals surface area (Å²) in [5.74, 6) is -2.53. The number of nitrogens with zero attached hydrogens (tertiary/aromatic N) is 1. The van der Waals surface area contributed by atoms with E-state index in [4.69, 9.17) is 9.63 Å². The van der Waals surface area contributed by atoms with Gasteiger partial charge in [0.2, 0.25) is 0 Å². The molecule has 21 heavy (non-hydrogen) atoms. The molecule has 8 heteroatoms. The molecule has 0 fully saturated rings. The average molecular weight is 313 g/mol. The summed E-state index contributed by atoms with van der Waals surface area (Å²) in [6.07, 6.45) is 0. The van der Waals surface area contributed by atoms with E-state index in [1.807, 2.05) is 0 Å². The smallest absolute Gasteiger partial charge is 0.338 e. The molecule has 1 N–H and O–H groups in total. The molecule has 0 aliphatic rings. The monoisotopic (exact) mass is 313 g/mol. The predicted octanol–water partition coefficient (Wildman–Crippen LogP) is 2.10. The molecule has 0 unspecified atom stereocenters. The lowest BCUT2D eigenvalue weighted by molar-refractivity contribution is 0.0691. The second kappa shape index (κ2) is 5.28. The zero-order valence-electron chi connectivity index (χ0n) is 11.3. The summed E-state index contributed by atoms with van der Waals surface area (Å²) in [5, 5.41) is 12.5. The van der Waals surface area contributed by atoms with E-state index in [2.05, 4.69) is 5.16 Å². The maximum absolute atomic E-state index is 13.3. The summed E-state index contributed by atoms with van der Waals surface area (Å²) in [4.78, 5) is 10.6. The van der Waals surface area contributed by atoms with Crippen LogP contribution in [0.1, 0.15) is 27.4 Å². The lowest BCUT2D eigenvalue weighted by atomic mass is 10.2. The number of benzene rings is 1. The van der Waals surface area contributed by atoms with Gasteiger partial charge in [0.1, 0.15) is 11.6 Å². The molecular weight excluding hydrogens is 301 g/mol. The van der Waals surface area contributed by atoms with E-state index in [1.54, 1.807) is 13.8 Å². The number of sulfone groups is 1. The molecule has 0 amide bonds. The maximum atomic E-state index is 13.3. The molecule has 2 aromatic rings. The van der Waals surface area contributed by atoms with Gasteiger partial charge in [-0.2, -0.15) is 0 Å². The Labute approximate surface area is 120 Å². The normalized spacial score (nSPS) is 11.6. The second-order valence-electron chi connectivity index (χ2n) is 4.51. The van der Waals surface area contributed by atoms with Crippen molar-refractivity contribution < 1.29 is 27.2 Å². The van der Waals surface area contributed by atoms with Crippen LogP contribution in [0.5, 0.6) is 0 Å². The van der Waals surface area contributed by atoms with Gasteiger partial charge in [0.05, 0.1) is 21.9 Å². The second-order valence-corrected chi connectivity index (χ2v) is 6.50. The molecule has 1 aromatic heterocycles. The lowest BCUT2D eigenvalue weighted by Gasteiger charge is -2.06. The number of carboxylic acid groups (broad SMARTS) is 1. The highest BCUT2D eigenvalue weighted by molar-refractivity contribution is 7.90.